The van der Waals surface area contributed by atoms with Crippen LogP contribution in [0.3, 0.4) is 0 Å². The third-order valence-corrected chi connectivity index (χ3v) is 5.48. The molecule has 4 aromatic heterocycles. The van der Waals surface area contributed by atoms with E-state index in [1.807, 2.05) is 39.9 Å². The van der Waals surface area contributed by atoms with Crippen molar-refractivity contribution in [1.82, 2.24) is 24.5 Å². The zero-order chi connectivity index (χ0) is 25.0. The normalized spacial score (nSPS) is 14.4. The molecule has 0 aromatic carbocycles. The van der Waals surface area contributed by atoms with Gasteiger partial charge in [0.25, 0.3) is 5.91 Å². The second kappa shape index (κ2) is 9.95. The van der Waals surface area contributed by atoms with Crippen LogP contribution in [0, 0.1) is 0 Å². The van der Waals surface area contributed by atoms with Crippen LogP contribution in [0.15, 0.2) is 65.7 Å². The van der Waals surface area contributed by atoms with Crippen LogP contribution in [0.2, 0.25) is 0 Å². The second-order valence-corrected chi connectivity index (χ2v) is 7.77. The largest absolute Gasteiger partial charge is 0.490 e. The topological polar surface area (TPSA) is 114 Å². The minimum absolute atomic E-state index is 0.0478. The molecule has 5 heterocycles. The minimum Gasteiger partial charge on any atom is -0.475 e. The molecule has 0 aliphatic carbocycles. The molecular weight excluding hydrogens is 467 g/mol. The van der Waals surface area contributed by atoms with Crippen molar-refractivity contribution in [3.05, 3.63) is 72.8 Å². The van der Waals surface area contributed by atoms with Gasteiger partial charge >= 0.3 is 12.1 Å². The summed E-state index contributed by atoms with van der Waals surface area (Å²) >= 11 is 0. The van der Waals surface area contributed by atoms with Crippen molar-refractivity contribution in [3.8, 4) is 11.1 Å². The molecule has 12 heteroatoms. The number of hydrogen-bond donors (Lipinski definition) is 1. The molecule has 0 unspecified atom stereocenters. The lowest BCUT2D eigenvalue weighted by molar-refractivity contribution is -0.192. The van der Waals surface area contributed by atoms with Crippen LogP contribution >= 0.6 is 0 Å². The van der Waals surface area contributed by atoms with Crippen molar-refractivity contribution in [2.75, 3.05) is 13.1 Å². The van der Waals surface area contributed by atoms with Gasteiger partial charge in [0.1, 0.15) is 0 Å². The van der Waals surface area contributed by atoms with Gasteiger partial charge < -0.3 is 14.4 Å². The maximum atomic E-state index is 12.4. The monoisotopic (exact) mass is 487 g/mol. The van der Waals surface area contributed by atoms with Gasteiger partial charge in [-0.25, -0.2) is 14.3 Å². The number of hydrogen-bond acceptors (Lipinski definition) is 6. The van der Waals surface area contributed by atoms with Crippen molar-refractivity contribution in [3.63, 3.8) is 0 Å². The van der Waals surface area contributed by atoms with Gasteiger partial charge in [0.05, 0.1) is 6.26 Å². The third kappa shape index (κ3) is 5.65. The van der Waals surface area contributed by atoms with E-state index >= 15 is 0 Å². The minimum atomic E-state index is -5.08. The number of carbonyl (C=O) groups is 2. The molecular formula is C23H20F3N5O4. The lowest BCUT2D eigenvalue weighted by Crippen LogP contribution is -2.37. The number of rotatable bonds is 3. The molecule has 0 saturated carbocycles. The Hall–Kier alpha value is -4.22. The predicted molar refractivity (Wildman–Crippen MR) is 116 cm³/mol. The standard InChI is InChI=1S/C21H19N5O2.C2HF3O2/c27-21(18-2-1-13-28-18)25-11-7-16(8-12-25)20-23-19-4-3-17(14-26(19)24-20)15-5-9-22-10-6-15;3-2(4,5)1(6)7/h1-6,9-10,13-14,16H,7-8,11-12H2;(H,6,7). The maximum absolute atomic E-state index is 12.4. The van der Waals surface area contributed by atoms with Gasteiger partial charge in [-0.05, 0) is 54.8 Å². The first-order chi connectivity index (χ1) is 16.7. The number of fused-ring (bicyclic) bond motifs is 1. The van der Waals surface area contributed by atoms with Gasteiger partial charge in [0.2, 0.25) is 0 Å². The summed E-state index contributed by atoms with van der Waals surface area (Å²) in [7, 11) is 0. The Morgan fingerprint density at radius 3 is 2.31 bits per heavy atom. The molecule has 9 nitrogen and oxygen atoms in total. The van der Waals surface area contributed by atoms with Gasteiger partial charge in [0.15, 0.2) is 17.2 Å². The lowest BCUT2D eigenvalue weighted by Gasteiger charge is -2.30. The summed E-state index contributed by atoms with van der Waals surface area (Å²) in [6.45, 7) is 1.37. The molecule has 1 saturated heterocycles. The second-order valence-electron chi connectivity index (χ2n) is 7.77. The van der Waals surface area contributed by atoms with Crippen LogP contribution in [-0.2, 0) is 4.79 Å². The van der Waals surface area contributed by atoms with Crippen molar-refractivity contribution >= 4 is 17.5 Å². The number of aromatic nitrogens is 4. The van der Waals surface area contributed by atoms with E-state index in [9.17, 15) is 18.0 Å². The highest BCUT2D eigenvalue weighted by molar-refractivity contribution is 5.91. The first kappa shape index (κ1) is 23.9. The van der Waals surface area contributed by atoms with E-state index in [1.54, 1.807) is 24.5 Å². The molecule has 4 aromatic rings. The van der Waals surface area contributed by atoms with Gasteiger partial charge in [-0.1, -0.05) is 0 Å². The van der Waals surface area contributed by atoms with Crippen molar-refractivity contribution in [1.29, 1.82) is 0 Å². The number of pyridine rings is 2. The van der Waals surface area contributed by atoms with E-state index in [0.29, 0.717) is 18.8 Å². The zero-order valence-corrected chi connectivity index (χ0v) is 18.2. The van der Waals surface area contributed by atoms with Crippen LogP contribution in [-0.4, -0.2) is 60.7 Å². The molecule has 1 amide bonds. The Labute approximate surface area is 196 Å². The number of halogens is 3. The molecule has 0 bridgehead atoms. The van der Waals surface area contributed by atoms with Gasteiger partial charge in [-0.3, -0.25) is 9.78 Å². The Bertz CT molecular complexity index is 1300. The quantitative estimate of drug-likeness (QED) is 0.464. The number of carboxylic acid groups (broad SMARTS) is 1. The number of carboxylic acids is 1. The Kier molecular flexibility index (Phi) is 6.80. The number of furan rings is 1. The number of amides is 1. The van der Waals surface area contributed by atoms with E-state index in [4.69, 9.17) is 24.4 Å². The average molecular weight is 487 g/mol. The smallest absolute Gasteiger partial charge is 0.475 e. The van der Waals surface area contributed by atoms with E-state index in [1.165, 1.54) is 6.26 Å². The van der Waals surface area contributed by atoms with Crippen LogP contribution in [0.5, 0.6) is 0 Å². The summed E-state index contributed by atoms with van der Waals surface area (Å²) in [5.74, 6) is -1.31. The third-order valence-electron chi connectivity index (χ3n) is 5.48. The summed E-state index contributed by atoms with van der Waals surface area (Å²) in [6.07, 6.45) is 3.70. The van der Waals surface area contributed by atoms with Crippen LogP contribution in [0.25, 0.3) is 16.8 Å². The Balaban J connectivity index is 0.000000364. The molecule has 35 heavy (non-hydrogen) atoms. The van der Waals surface area contributed by atoms with E-state index in [0.717, 1.165) is 35.4 Å². The van der Waals surface area contributed by atoms with Crippen molar-refractivity contribution < 1.29 is 32.3 Å². The molecule has 5 rings (SSSR count). The number of piperidine rings is 1. The summed E-state index contributed by atoms with van der Waals surface area (Å²) in [5, 5.41) is 11.8. The number of alkyl halides is 3. The highest BCUT2D eigenvalue weighted by Crippen LogP contribution is 2.27. The number of nitrogens with zero attached hydrogens (tertiary/aromatic N) is 5. The first-order valence-electron chi connectivity index (χ1n) is 10.6. The molecule has 0 radical (unpaired) electrons. The van der Waals surface area contributed by atoms with Gasteiger partial charge in [-0.2, -0.15) is 18.3 Å². The fraction of sp³-hybridized carbons (Fsp3) is 0.261. The molecule has 0 spiro atoms. The van der Waals surface area contributed by atoms with Crippen molar-refractivity contribution in [2.45, 2.75) is 24.9 Å². The summed E-state index contributed by atoms with van der Waals surface area (Å²) < 4.78 is 38.8. The predicted octanol–water partition coefficient (Wildman–Crippen LogP) is 4.04. The molecule has 182 valence electrons. The van der Waals surface area contributed by atoms with Crippen molar-refractivity contribution in [2.24, 2.45) is 0 Å². The van der Waals surface area contributed by atoms with Crippen LogP contribution < -0.4 is 0 Å². The zero-order valence-electron chi connectivity index (χ0n) is 18.2. The first-order valence-corrected chi connectivity index (χ1v) is 10.6. The molecule has 1 N–H and O–H groups in total. The molecule has 1 fully saturated rings. The molecule has 1 aliphatic heterocycles. The van der Waals surface area contributed by atoms with E-state index < -0.39 is 12.1 Å². The average Bonchev–Trinajstić information content (AvgIpc) is 3.54. The number of aliphatic carboxylic acids is 1. The highest BCUT2D eigenvalue weighted by Gasteiger charge is 2.38. The Morgan fingerprint density at radius 1 is 1.03 bits per heavy atom. The van der Waals surface area contributed by atoms with E-state index in [-0.39, 0.29) is 11.8 Å². The molecule has 1 aliphatic rings. The van der Waals surface area contributed by atoms with Gasteiger partial charge in [-0.15, -0.1) is 0 Å². The van der Waals surface area contributed by atoms with Crippen LogP contribution in [0.1, 0.15) is 35.1 Å². The summed E-state index contributed by atoms with van der Waals surface area (Å²) in [5.41, 5.74) is 3.01. The summed E-state index contributed by atoms with van der Waals surface area (Å²) in [6, 6.07) is 11.4. The lowest BCUT2D eigenvalue weighted by atomic mass is 9.96. The van der Waals surface area contributed by atoms with Gasteiger partial charge in [0, 0.05) is 43.2 Å². The molecule has 0 atom stereocenters. The van der Waals surface area contributed by atoms with Crippen LogP contribution in [0.4, 0.5) is 13.2 Å². The fourth-order valence-corrected chi connectivity index (χ4v) is 3.69. The number of carbonyl (C=O) groups excluding carboxylic acids is 1. The highest BCUT2D eigenvalue weighted by atomic mass is 19.4. The Morgan fingerprint density at radius 2 is 1.71 bits per heavy atom. The summed E-state index contributed by atoms with van der Waals surface area (Å²) in [4.78, 5) is 31.9. The number of likely N-dealkylation sites (tertiary alicyclic amines) is 1. The maximum Gasteiger partial charge on any atom is 0.490 e. The SMILES string of the molecule is O=C(O)C(F)(F)F.O=C(c1ccco1)N1CCC(c2nc3ccc(-c4ccncc4)cn3n2)CC1. The van der Waals surface area contributed by atoms with E-state index in [2.05, 4.69) is 4.98 Å². The fourth-order valence-electron chi connectivity index (χ4n) is 3.69.